The molecule has 5 fully saturated rings. The molecule has 5 aromatic rings. The standard InChI is InChI=1S/C42H42F3N5O4/c1-3-30-33(44)8-5-24-14-29(52)15-31(34(24)30)35-37(45)38-36(32-11-22(2)54-39(32)35)40(47-41(46-38)53-21-42-9-4-10-49(42)17-25(43)16-42)48-18-26-6-7-27(19-48)50(26)28-12-23(13-28)20-51/h1,5,8,11,14-15,23,25-28,51-52H,4,6-7,9-10,12-13,16-21H2,2H3/t23?,25-,26?,27?,28?,42+/m1/s1. The first-order chi connectivity index (χ1) is 26.1. The van der Waals surface area contributed by atoms with Crippen molar-refractivity contribution in [3.8, 4) is 35.2 Å². The van der Waals surface area contributed by atoms with Crippen molar-refractivity contribution in [3.63, 3.8) is 0 Å². The number of alkyl halides is 1. The summed E-state index contributed by atoms with van der Waals surface area (Å²) in [5.41, 5.74) is -0.144. The number of nitrogens with zero attached hydrogens (tertiary/aromatic N) is 5. The Hall–Kier alpha value is -4.57. The van der Waals surface area contributed by atoms with Gasteiger partial charge in [0.25, 0.3) is 0 Å². The van der Waals surface area contributed by atoms with Gasteiger partial charge in [-0.1, -0.05) is 12.0 Å². The Kier molecular flexibility index (Phi) is 7.85. The molecule has 0 amide bonds. The molecule has 0 spiro atoms. The highest BCUT2D eigenvalue weighted by molar-refractivity contribution is 6.18. The van der Waals surface area contributed by atoms with Crippen LogP contribution in [0.1, 0.15) is 56.3 Å². The van der Waals surface area contributed by atoms with Crippen molar-refractivity contribution >= 4 is 38.5 Å². The van der Waals surface area contributed by atoms with Crippen LogP contribution in [0.3, 0.4) is 0 Å². The maximum absolute atomic E-state index is 17.7. The summed E-state index contributed by atoms with van der Waals surface area (Å²) in [6.45, 7) is 4.69. The summed E-state index contributed by atoms with van der Waals surface area (Å²) in [6.07, 6.45) is 11.1. The lowest BCUT2D eigenvalue weighted by atomic mass is 9.79. The van der Waals surface area contributed by atoms with Gasteiger partial charge in [0.2, 0.25) is 0 Å². The number of rotatable bonds is 7. The van der Waals surface area contributed by atoms with E-state index >= 15 is 8.78 Å². The van der Waals surface area contributed by atoms with Crippen molar-refractivity contribution in [2.75, 3.05) is 44.3 Å². The Labute approximate surface area is 310 Å². The van der Waals surface area contributed by atoms with Crippen molar-refractivity contribution in [2.45, 2.75) is 81.7 Å². The smallest absolute Gasteiger partial charge is 0.319 e. The van der Waals surface area contributed by atoms with Gasteiger partial charge in [0, 0.05) is 67.1 Å². The lowest BCUT2D eigenvalue weighted by Gasteiger charge is -2.50. The van der Waals surface area contributed by atoms with Crippen molar-refractivity contribution in [3.05, 3.63) is 53.3 Å². The Morgan fingerprint density at radius 1 is 1.06 bits per heavy atom. The zero-order valence-electron chi connectivity index (χ0n) is 30.1. The van der Waals surface area contributed by atoms with E-state index in [0.29, 0.717) is 65.8 Å². The number of aliphatic hydroxyl groups is 1. The van der Waals surface area contributed by atoms with Crippen LogP contribution in [0, 0.1) is 36.8 Å². The number of aromatic nitrogens is 2. The van der Waals surface area contributed by atoms with Crippen LogP contribution in [0.5, 0.6) is 11.8 Å². The number of fused-ring (bicyclic) bond motifs is 7. The number of terminal acetylenes is 1. The van der Waals surface area contributed by atoms with E-state index in [0.717, 1.165) is 45.1 Å². The monoisotopic (exact) mass is 737 g/mol. The highest BCUT2D eigenvalue weighted by atomic mass is 19.1. The zero-order chi connectivity index (χ0) is 37.0. The number of hydrogen-bond donors (Lipinski definition) is 2. The molecule has 2 unspecified atom stereocenters. The Morgan fingerprint density at radius 2 is 1.85 bits per heavy atom. The summed E-state index contributed by atoms with van der Waals surface area (Å²) in [4.78, 5) is 16.8. The van der Waals surface area contributed by atoms with Crippen LogP contribution in [-0.4, -0.2) is 99.2 Å². The number of aliphatic hydroxyl groups excluding tert-OH is 1. The molecule has 5 aliphatic rings. The molecule has 2 bridgehead atoms. The summed E-state index contributed by atoms with van der Waals surface area (Å²) in [5.74, 6) is 2.32. The van der Waals surface area contributed by atoms with E-state index < -0.39 is 23.3 Å². The second kappa shape index (κ2) is 12.5. The topological polar surface area (TPSA) is 98.3 Å². The molecule has 9 nitrogen and oxygen atoms in total. The molecule has 1 aliphatic carbocycles. The molecule has 4 aliphatic heterocycles. The largest absolute Gasteiger partial charge is 0.508 e. The third kappa shape index (κ3) is 5.11. The van der Waals surface area contributed by atoms with E-state index in [1.807, 2.05) is 6.07 Å². The third-order valence-electron chi connectivity index (χ3n) is 13.1. The van der Waals surface area contributed by atoms with Gasteiger partial charge in [-0.15, -0.1) is 6.42 Å². The van der Waals surface area contributed by atoms with Gasteiger partial charge < -0.3 is 24.3 Å². The number of benzene rings is 3. The van der Waals surface area contributed by atoms with Crippen molar-refractivity contribution in [1.82, 2.24) is 19.8 Å². The molecule has 2 N–H and O–H groups in total. The van der Waals surface area contributed by atoms with Gasteiger partial charge in [-0.3, -0.25) is 9.80 Å². The van der Waals surface area contributed by atoms with Gasteiger partial charge in [0.1, 0.15) is 47.0 Å². The van der Waals surface area contributed by atoms with Crippen molar-refractivity contribution in [2.24, 2.45) is 5.92 Å². The number of hydrogen-bond acceptors (Lipinski definition) is 9. The number of piperazine rings is 1. The van der Waals surface area contributed by atoms with E-state index in [4.69, 9.17) is 25.5 Å². The van der Waals surface area contributed by atoms with E-state index in [-0.39, 0.29) is 70.2 Å². The summed E-state index contributed by atoms with van der Waals surface area (Å²) < 4.78 is 60.4. The fraction of sp³-hybridized carbons (Fsp3) is 0.476. The molecular formula is C42H42F3N5O4. The highest BCUT2D eigenvalue weighted by Gasteiger charge is 2.50. The summed E-state index contributed by atoms with van der Waals surface area (Å²) in [7, 11) is 0. The SMILES string of the molecule is C#Cc1c(F)ccc2cc(O)cc(-c3c(F)c4nc(OC[C@@]56CCCN5C[C@H](F)C6)nc(N5CC6CCC(C5)N6C5CC(CO)C5)c4c4cc(C)oc34)c12. The molecule has 280 valence electrons. The molecule has 4 saturated heterocycles. The molecule has 54 heavy (non-hydrogen) atoms. The zero-order valence-corrected chi connectivity index (χ0v) is 30.1. The maximum atomic E-state index is 17.7. The molecule has 3 aromatic carbocycles. The predicted octanol–water partition coefficient (Wildman–Crippen LogP) is 6.85. The molecule has 4 atom stereocenters. The predicted molar refractivity (Wildman–Crippen MR) is 200 cm³/mol. The number of anilines is 1. The van der Waals surface area contributed by atoms with E-state index in [1.165, 1.54) is 24.3 Å². The normalized spacial score (nSPS) is 28.3. The number of phenolic OH excluding ortho intramolecular Hbond substituents is 1. The van der Waals surface area contributed by atoms with Gasteiger partial charge >= 0.3 is 6.01 Å². The molecule has 12 heteroatoms. The number of halogens is 3. The van der Waals surface area contributed by atoms with Crippen LogP contribution in [0.4, 0.5) is 19.0 Å². The number of aromatic hydroxyl groups is 1. The Bertz CT molecular complexity index is 2380. The minimum Gasteiger partial charge on any atom is -0.508 e. The van der Waals surface area contributed by atoms with Gasteiger partial charge in [-0.05, 0) is 87.6 Å². The quantitative estimate of drug-likeness (QED) is 0.174. The van der Waals surface area contributed by atoms with Gasteiger partial charge in [0.05, 0.1) is 22.1 Å². The third-order valence-corrected chi connectivity index (χ3v) is 13.1. The van der Waals surface area contributed by atoms with Crippen LogP contribution in [0.2, 0.25) is 0 Å². The first-order valence-corrected chi connectivity index (χ1v) is 19.2. The first kappa shape index (κ1) is 34.0. The Balaban J connectivity index is 1.16. The minimum atomic E-state index is -0.940. The fourth-order valence-corrected chi connectivity index (χ4v) is 10.7. The van der Waals surface area contributed by atoms with Crippen LogP contribution in [0.15, 0.2) is 34.7 Å². The summed E-state index contributed by atoms with van der Waals surface area (Å²) in [6, 6.07) is 8.41. The molecule has 10 rings (SSSR count). The van der Waals surface area contributed by atoms with Gasteiger partial charge in [-0.2, -0.15) is 9.97 Å². The summed E-state index contributed by atoms with van der Waals surface area (Å²) in [5, 5.41) is 22.3. The molecule has 2 aromatic heterocycles. The minimum absolute atomic E-state index is 0.00105. The van der Waals surface area contributed by atoms with Crippen LogP contribution >= 0.6 is 0 Å². The van der Waals surface area contributed by atoms with Gasteiger partial charge in [-0.25, -0.2) is 13.2 Å². The average molecular weight is 738 g/mol. The van der Waals surface area contributed by atoms with Crippen LogP contribution < -0.4 is 9.64 Å². The number of phenols is 1. The average Bonchev–Trinajstić information content (AvgIpc) is 3.85. The molecular weight excluding hydrogens is 695 g/mol. The van der Waals surface area contributed by atoms with Crippen molar-refractivity contribution < 1.29 is 32.5 Å². The first-order valence-electron chi connectivity index (χ1n) is 19.2. The van der Waals surface area contributed by atoms with E-state index in [2.05, 4.69) is 20.6 Å². The van der Waals surface area contributed by atoms with Gasteiger partial charge in [0.15, 0.2) is 5.82 Å². The molecule has 6 heterocycles. The molecule has 1 saturated carbocycles. The number of furan rings is 1. The fourth-order valence-electron chi connectivity index (χ4n) is 10.7. The maximum Gasteiger partial charge on any atom is 0.319 e. The second-order valence-electron chi connectivity index (χ2n) is 16.3. The molecule has 0 radical (unpaired) electrons. The van der Waals surface area contributed by atoms with Crippen molar-refractivity contribution in [1.29, 1.82) is 0 Å². The van der Waals surface area contributed by atoms with Crippen LogP contribution in [0.25, 0.3) is 43.8 Å². The van der Waals surface area contributed by atoms with Crippen LogP contribution in [-0.2, 0) is 0 Å². The number of ether oxygens (including phenoxy) is 1. The second-order valence-corrected chi connectivity index (χ2v) is 16.3. The lowest BCUT2D eigenvalue weighted by molar-refractivity contribution is 0.00821. The van der Waals surface area contributed by atoms with E-state index in [1.54, 1.807) is 6.92 Å². The number of aryl methyl sites for hydroxylation is 1. The lowest BCUT2D eigenvalue weighted by Crippen LogP contribution is -2.60. The van der Waals surface area contributed by atoms with E-state index in [9.17, 15) is 14.6 Å². The highest BCUT2D eigenvalue weighted by Crippen LogP contribution is 2.48. The summed E-state index contributed by atoms with van der Waals surface area (Å²) >= 11 is 0. The Morgan fingerprint density at radius 3 is 2.61 bits per heavy atom.